The molecular weight excluding hydrogens is 389 g/mol. The van der Waals surface area contributed by atoms with Crippen LogP contribution in [0.15, 0.2) is 35.3 Å². The smallest absolute Gasteiger partial charge is 0.413 e. The quantitative estimate of drug-likeness (QED) is 0.700. The highest BCUT2D eigenvalue weighted by Gasteiger charge is 2.53. The Kier molecular flexibility index (Phi) is 4.74. The Bertz CT molecular complexity index is 879. The topological polar surface area (TPSA) is 53.4 Å². The summed E-state index contributed by atoms with van der Waals surface area (Å²) in [6.07, 6.45) is -3.48. The van der Waals surface area contributed by atoms with Crippen molar-refractivity contribution in [3.05, 3.63) is 46.5 Å². The number of nitrogens with zero attached hydrogens (tertiary/aromatic N) is 2. The lowest BCUT2D eigenvalue weighted by Crippen LogP contribution is -2.48. The number of rotatable bonds is 3. The molecule has 0 fully saturated rings. The van der Waals surface area contributed by atoms with Gasteiger partial charge in [-0.3, -0.25) is 4.79 Å². The SMILES string of the molecule is CC(C)c1ccc2c(c1)C(O)=C(C(=O)Cl)C(C(F)(F)F)N2c1nccs1. The lowest BCUT2D eigenvalue weighted by atomic mass is 9.91. The normalized spacial score (nSPS) is 17.7. The van der Waals surface area contributed by atoms with Crippen molar-refractivity contribution >= 4 is 44.8 Å². The third kappa shape index (κ3) is 3.07. The van der Waals surface area contributed by atoms with Crippen molar-refractivity contribution in [3.63, 3.8) is 0 Å². The van der Waals surface area contributed by atoms with E-state index in [0.717, 1.165) is 21.8 Å². The first-order chi connectivity index (χ1) is 12.1. The minimum Gasteiger partial charge on any atom is -0.507 e. The van der Waals surface area contributed by atoms with Crippen LogP contribution in [-0.2, 0) is 4.79 Å². The van der Waals surface area contributed by atoms with Gasteiger partial charge in [0.1, 0.15) is 5.76 Å². The Morgan fingerprint density at radius 2 is 2.08 bits per heavy atom. The van der Waals surface area contributed by atoms with Crippen LogP contribution in [0, 0.1) is 0 Å². The number of thiazole rings is 1. The maximum atomic E-state index is 13.8. The second-order valence-electron chi connectivity index (χ2n) is 6.10. The van der Waals surface area contributed by atoms with Crippen molar-refractivity contribution in [1.82, 2.24) is 4.98 Å². The maximum absolute atomic E-state index is 13.8. The first kappa shape index (κ1) is 18.7. The van der Waals surface area contributed by atoms with Gasteiger partial charge >= 0.3 is 6.18 Å². The molecule has 2 heterocycles. The molecule has 1 unspecified atom stereocenters. The van der Waals surface area contributed by atoms with E-state index in [9.17, 15) is 23.1 Å². The Morgan fingerprint density at radius 3 is 2.58 bits per heavy atom. The van der Waals surface area contributed by atoms with E-state index in [1.54, 1.807) is 12.1 Å². The zero-order valence-corrected chi connectivity index (χ0v) is 15.3. The summed E-state index contributed by atoms with van der Waals surface area (Å²) in [7, 11) is 0. The third-order valence-corrected chi connectivity index (χ3v) is 5.11. The molecule has 0 aliphatic carbocycles. The summed E-state index contributed by atoms with van der Waals surface area (Å²) in [5.41, 5.74) is 0.144. The number of carbonyl (C=O) groups is 1. The lowest BCUT2D eigenvalue weighted by Gasteiger charge is -2.38. The number of carbonyl (C=O) groups excluding carboxylic acids is 1. The maximum Gasteiger partial charge on any atom is 0.413 e. The molecule has 0 saturated carbocycles. The molecular formula is C17H14ClF3N2O2S. The lowest BCUT2D eigenvalue weighted by molar-refractivity contribution is -0.142. The summed E-state index contributed by atoms with van der Waals surface area (Å²) in [6.45, 7) is 3.83. The van der Waals surface area contributed by atoms with Gasteiger partial charge in [-0.1, -0.05) is 19.9 Å². The number of anilines is 2. The fraction of sp³-hybridized carbons (Fsp3) is 0.294. The highest BCUT2D eigenvalue weighted by molar-refractivity contribution is 7.13. The van der Waals surface area contributed by atoms with E-state index in [4.69, 9.17) is 11.6 Å². The molecule has 1 N–H and O–H groups in total. The number of aliphatic hydroxyl groups excluding tert-OH is 1. The molecule has 4 nitrogen and oxygen atoms in total. The van der Waals surface area contributed by atoms with Crippen molar-refractivity contribution < 1.29 is 23.1 Å². The number of hydrogen-bond donors (Lipinski definition) is 1. The first-order valence-corrected chi connectivity index (χ1v) is 8.91. The van der Waals surface area contributed by atoms with E-state index in [0.29, 0.717) is 0 Å². The molecule has 0 amide bonds. The van der Waals surface area contributed by atoms with Crippen LogP contribution in [0.2, 0.25) is 0 Å². The zero-order valence-electron chi connectivity index (χ0n) is 13.7. The standard InChI is InChI=1S/C17H14ClF3N2O2S/c1-8(2)9-3-4-11-10(7-9)13(24)12(15(18)25)14(17(19,20)21)23(11)16-22-5-6-26-16/h3-8,14,24H,1-2H3. The van der Waals surface area contributed by atoms with Gasteiger partial charge in [0.25, 0.3) is 5.24 Å². The van der Waals surface area contributed by atoms with Crippen molar-refractivity contribution in [2.24, 2.45) is 0 Å². The molecule has 0 radical (unpaired) electrons. The Labute approximate surface area is 156 Å². The van der Waals surface area contributed by atoms with Crippen molar-refractivity contribution in [1.29, 1.82) is 0 Å². The zero-order chi connectivity index (χ0) is 19.2. The summed E-state index contributed by atoms with van der Waals surface area (Å²) in [5, 5.41) is 10.7. The predicted octanol–water partition coefficient (Wildman–Crippen LogP) is 5.38. The van der Waals surface area contributed by atoms with Crippen LogP contribution in [0.4, 0.5) is 24.0 Å². The monoisotopic (exact) mass is 402 g/mol. The van der Waals surface area contributed by atoms with Gasteiger partial charge in [-0.05, 0) is 35.2 Å². The molecule has 0 bridgehead atoms. The first-order valence-electron chi connectivity index (χ1n) is 7.65. The third-order valence-electron chi connectivity index (χ3n) is 4.14. The van der Waals surface area contributed by atoms with Crippen LogP contribution in [0.3, 0.4) is 0 Å². The van der Waals surface area contributed by atoms with Crippen LogP contribution < -0.4 is 4.90 Å². The average Bonchev–Trinajstić information content (AvgIpc) is 3.07. The van der Waals surface area contributed by atoms with Crippen LogP contribution in [0.25, 0.3) is 5.76 Å². The molecule has 1 atom stereocenters. The number of fused-ring (bicyclic) bond motifs is 1. The number of aliphatic hydroxyl groups is 1. The number of hydrogen-bond acceptors (Lipinski definition) is 5. The highest BCUT2D eigenvalue weighted by Crippen LogP contribution is 2.48. The fourth-order valence-corrected chi connectivity index (χ4v) is 3.79. The molecule has 1 aliphatic heterocycles. The molecule has 1 aliphatic rings. The number of benzene rings is 1. The molecule has 138 valence electrons. The van der Waals surface area contributed by atoms with Gasteiger partial charge in [-0.2, -0.15) is 13.2 Å². The highest BCUT2D eigenvalue weighted by atomic mass is 35.5. The van der Waals surface area contributed by atoms with Crippen molar-refractivity contribution in [2.75, 3.05) is 4.90 Å². The predicted molar refractivity (Wildman–Crippen MR) is 95.0 cm³/mol. The number of aromatic nitrogens is 1. The Morgan fingerprint density at radius 1 is 1.38 bits per heavy atom. The van der Waals surface area contributed by atoms with Crippen LogP contribution in [0.5, 0.6) is 0 Å². The second-order valence-corrected chi connectivity index (χ2v) is 7.31. The van der Waals surface area contributed by atoms with Crippen LogP contribution in [0.1, 0.15) is 30.9 Å². The van der Waals surface area contributed by atoms with Crippen molar-refractivity contribution in [3.8, 4) is 0 Å². The Balaban J connectivity index is 2.35. The van der Waals surface area contributed by atoms with Crippen LogP contribution in [-0.4, -0.2) is 27.6 Å². The van der Waals surface area contributed by atoms with E-state index >= 15 is 0 Å². The number of alkyl halides is 3. The van der Waals surface area contributed by atoms with Gasteiger partial charge in [-0.15, -0.1) is 11.3 Å². The van der Waals surface area contributed by atoms with E-state index in [1.807, 2.05) is 13.8 Å². The van der Waals surface area contributed by atoms with E-state index in [-0.39, 0.29) is 22.3 Å². The molecule has 2 aromatic rings. The summed E-state index contributed by atoms with van der Waals surface area (Å²) in [5.74, 6) is -0.672. The van der Waals surface area contributed by atoms with E-state index in [2.05, 4.69) is 4.98 Å². The summed E-state index contributed by atoms with van der Waals surface area (Å²) in [4.78, 5) is 16.7. The summed E-state index contributed by atoms with van der Waals surface area (Å²) >= 11 is 6.44. The van der Waals surface area contributed by atoms with E-state index in [1.165, 1.54) is 17.6 Å². The Hall–Kier alpha value is -2.06. The van der Waals surface area contributed by atoms with Gasteiger partial charge in [0, 0.05) is 17.1 Å². The second kappa shape index (κ2) is 6.59. The minimum atomic E-state index is -4.85. The summed E-state index contributed by atoms with van der Waals surface area (Å²) in [6, 6.07) is 2.34. The largest absolute Gasteiger partial charge is 0.507 e. The minimum absolute atomic E-state index is 0.0498. The van der Waals surface area contributed by atoms with Gasteiger partial charge < -0.3 is 10.0 Å². The van der Waals surface area contributed by atoms with Crippen molar-refractivity contribution in [2.45, 2.75) is 32.0 Å². The van der Waals surface area contributed by atoms with Crippen LogP contribution >= 0.6 is 22.9 Å². The van der Waals surface area contributed by atoms with Gasteiger partial charge in [0.15, 0.2) is 11.2 Å². The van der Waals surface area contributed by atoms with E-state index < -0.39 is 28.8 Å². The number of halogens is 4. The fourth-order valence-electron chi connectivity index (χ4n) is 2.91. The van der Waals surface area contributed by atoms with Gasteiger partial charge in [0.05, 0.1) is 11.3 Å². The summed E-state index contributed by atoms with van der Waals surface area (Å²) < 4.78 is 41.5. The average molecular weight is 403 g/mol. The molecule has 9 heteroatoms. The molecule has 3 rings (SSSR count). The molecule has 1 aromatic heterocycles. The molecule has 26 heavy (non-hydrogen) atoms. The molecule has 0 saturated heterocycles. The van der Waals surface area contributed by atoms with Gasteiger partial charge in [-0.25, -0.2) is 4.98 Å². The molecule has 0 spiro atoms. The van der Waals surface area contributed by atoms with Gasteiger partial charge in [0.2, 0.25) is 0 Å². The molecule has 1 aromatic carbocycles.